The number of likely N-dealkylation sites (N-methyl/N-ethyl adjacent to an activating group) is 1. The second-order valence-electron chi connectivity index (χ2n) is 17.8. The third-order valence-electron chi connectivity index (χ3n) is 12.7. The molecular weight excluding hydrogens is 757 g/mol. The highest BCUT2D eigenvalue weighted by Crippen LogP contribution is 2.39. The van der Waals surface area contributed by atoms with Gasteiger partial charge in [0.05, 0.1) is 47.6 Å². The summed E-state index contributed by atoms with van der Waals surface area (Å²) in [6.45, 7) is 11.6. The molecule has 0 aliphatic carbocycles. The number of urea groups is 1. The van der Waals surface area contributed by atoms with Crippen LogP contribution in [-0.2, 0) is 41.4 Å². The first kappa shape index (κ1) is 46.9. The maximum atomic E-state index is 14.7. The summed E-state index contributed by atoms with van der Waals surface area (Å²) >= 11 is 0. The number of ether oxygens (including phenoxy) is 5. The minimum atomic E-state index is -1.56. The van der Waals surface area contributed by atoms with E-state index in [9.17, 15) is 24.9 Å². The summed E-state index contributed by atoms with van der Waals surface area (Å²) in [4.78, 5) is 32.3. The van der Waals surface area contributed by atoms with Crippen LogP contribution < -0.4 is 10.6 Å². The van der Waals surface area contributed by atoms with Crippen LogP contribution >= 0.6 is 0 Å². The highest BCUT2D eigenvalue weighted by molar-refractivity contribution is 5.79. The molecule has 3 fully saturated rings. The van der Waals surface area contributed by atoms with Gasteiger partial charge in [-0.3, -0.25) is 4.79 Å². The molecule has 330 valence electrons. The number of carbonyl (C=O) groups excluding carboxylic acids is 2. The average Bonchev–Trinajstić information content (AvgIpc) is 3.20. The van der Waals surface area contributed by atoms with Gasteiger partial charge in [-0.1, -0.05) is 74.5 Å². The summed E-state index contributed by atoms with van der Waals surface area (Å²) in [7, 11) is 5.33. The number of amides is 3. The number of hydrogen-bond acceptors (Lipinski definition) is 11. The molecule has 0 aromatic heterocycles. The quantitative estimate of drug-likeness (QED) is 0.236. The number of rotatable bonds is 10. The van der Waals surface area contributed by atoms with E-state index >= 15 is 0 Å². The fourth-order valence-corrected chi connectivity index (χ4v) is 9.01. The van der Waals surface area contributed by atoms with Gasteiger partial charge in [0.25, 0.3) is 0 Å². The molecule has 1 unspecified atom stereocenters. The Morgan fingerprint density at radius 3 is 2.25 bits per heavy atom. The molecule has 59 heavy (non-hydrogen) atoms. The Kier molecular flexibility index (Phi) is 16.4. The minimum absolute atomic E-state index is 0.171. The number of aliphatic hydroxyl groups excluding tert-OH is 2. The molecule has 14 nitrogen and oxygen atoms in total. The Hall–Kier alpha value is -3.18. The van der Waals surface area contributed by atoms with Crippen LogP contribution in [0, 0.1) is 11.8 Å². The van der Waals surface area contributed by atoms with Crippen molar-refractivity contribution in [3.63, 3.8) is 0 Å². The lowest BCUT2D eigenvalue weighted by atomic mass is 9.79. The lowest BCUT2D eigenvalue weighted by Gasteiger charge is -2.48. The molecule has 3 amide bonds. The Morgan fingerprint density at radius 2 is 1.63 bits per heavy atom. The zero-order valence-electron chi connectivity index (χ0n) is 36.5. The van der Waals surface area contributed by atoms with Gasteiger partial charge in [0, 0.05) is 45.1 Å². The lowest BCUT2D eigenvalue weighted by Crippen LogP contribution is -2.60. The Balaban J connectivity index is 1.53. The third kappa shape index (κ3) is 12.0. The maximum Gasteiger partial charge on any atom is 0.317 e. The number of hydrogen-bond donors (Lipinski definition) is 5. The molecule has 3 aliphatic rings. The number of nitrogens with one attached hydrogen (secondary N) is 2. The highest BCUT2D eigenvalue weighted by atomic mass is 16.7. The molecule has 0 radical (unpaired) electrons. The van der Waals surface area contributed by atoms with E-state index in [2.05, 4.69) is 10.6 Å². The number of nitrogens with zero attached hydrogens (tertiary/aromatic N) is 2. The van der Waals surface area contributed by atoms with Gasteiger partial charge >= 0.3 is 6.03 Å². The van der Waals surface area contributed by atoms with Gasteiger partial charge in [0.1, 0.15) is 12.2 Å². The molecule has 14 atom stereocenters. The van der Waals surface area contributed by atoms with Crippen LogP contribution in [0.3, 0.4) is 0 Å². The van der Waals surface area contributed by atoms with Crippen molar-refractivity contribution < 1.29 is 48.6 Å². The molecule has 14 heteroatoms. The summed E-state index contributed by atoms with van der Waals surface area (Å²) in [6.07, 6.45) is -4.97. The summed E-state index contributed by atoms with van der Waals surface area (Å²) in [6, 6.07) is 18.4. The Morgan fingerprint density at radius 1 is 0.983 bits per heavy atom. The van der Waals surface area contributed by atoms with Crippen LogP contribution in [0.5, 0.6) is 0 Å². The van der Waals surface area contributed by atoms with Crippen LogP contribution in [0.2, 0.25) is 0 Å². The van der Waals surface area contributed by atoms with Gasteiger partial charge in [0.15, 0.2) is 12.6 Å². The van der Waals surface area contributed by atoms with Gasteiger partial charge in [-0.05, 0) is 78.6 Å². The van der Waals surface area contributed by atoms with Crippen molar-refractivity contribution >= 4 is 11.9 Å². The van der Waals surface area contributed by atoms with Crippen molar-refractivity contribution in [2.75, 3.05) is 34.3 Å². The smallest absolute Gasteiger partial charge is 0.317 e. The second kappa shape index (κ2) is 20.6. The normalized spacial score (nSPS) is 37.8. The molecular formula is C45H70N4O10. The van der Waals surface area contributed by atoms with Crippen LogP contribution in [0.25, 0.3) is 0 Å². The first-order valence-electron chi connectivity index (χ1n) is 21.2. The first-order chi connectivity index (χ1) is 27.9. The van der Waals surface area contributed by atoms with Gasteiger partial charge in [0.2, 0.25) is 5.91 Å². The van der Waals surface area contributed by atoms with Crippen LogP contribution in [0.4, 0.5) is 4.79 Å². The molecule has 0 bridgehead atoms. The standard InChI is InChI=1S/C45H70N4O10/c1-28-23-35(48(7)8)37(50)42(56-28)59-40-29(2)38(58-36-25-45(6,55-9)39(51)31(4)57-36)30(3)41(52)47-34(24-32-17-12-10-13-18-32)27-49(22-16-21-44(40,5)54)43(53)46-26-33-19-14-11-15-20-33/h10-15,17-20,28-31,34-40,42,50-51,54H,16,21-27H2,1-9H3,(H,46,53)(H,47,52)/t28-,29+,30-,31+,34?,35+,36+,37-,38+,39+,40-,42+,44-,45-/m1/s1. The Labute approximate surface area is 350 Å². The molecule has 3 heterocycles. The van der Waals surface area contributed by atoms with E-state index in [-0.39, 0.29) is 50.0 Å². The highest BCUT2D eigenvalue weighted by Gasteiger charge is 2.51. The molecule has 3 saturated heterocycles. The van der Waals surface area contributed by atoms with Crippen LogP contribution in [-0.4, -0.2) is 144 Å². The number of carbonyl (C=O) groups is 2. The van der Waals surface area contributed by atoms with E-state index in [1.807, 2.05) is 93.5 Å². The zero-order valence-corrected chi connectivity index (χ0v) is 36.5. The van der Waals surface area contributed by atoms with Crippen molar-refractivity contribution in [3.8, 4) is 0 Å². The summed E-state index contributed by atoms with van der Waals surface area (Å²) < 4.78 is 31.8. The fourth-order valence-electron chi connectivity index (χ4n) is 9.01. The summed E-state index contributed by atoms with van der Waals surface area (Å²) in [5.41, 5.74) is -0.608. The largest absolute Gasteiger partial charge is 0.387 e. The maximum absolute atomic E-state index is 14.7. The molecule has 5 N–H and O–H groups in total. The average molecular weight is 827 g/mol. The molecule has 0 saturated carbocycles. The van der Waals surface area contributed by atoms with E-state index < -0.39 is 72.2 Å². The Bertz CT molecular complexity index is 1620. The van der Waals surface area contributed by atoms with Crippen LogP contribution in [0.1, 0.15) is 78.4 Å². The molecule has 5 rings (SSSR count). The number of methoxy groups -OCH3 is 1. The lowest BCUT2D eigenvalue weighted by molar-refractivity contribution is -0.317. The number of benzene rings is 2. The van der Waals surface area contributed by atoms with E-state index in [1.165, 1.54) is 7.11 Å². The van der Waals surface area contributed by atoms with E-state index in [0.29, 0.717) is 25.8 Å². The topological polar surface area (TPSA) is 172 Å². The fraction of sp³-hybridized carbons (Fsp3) is 0.689. The third-order valence-corrected chi connectivity index (χ3v) is 12.7. The van der Waals surface area contributed by atoms with E-state index in [4.69, 9.17) is 23.7 Å². The zero-order chi connectivity index (χ0) is 43.1. The predicted molar refractivity (Wildman–Crippen MR) is 223 cm³/mol. The van der Waals surface area contributed by atoms with Crippen molar-refractivity contribution in [2.45, 2.75) is 153 Å². The summed E-state index contributed by atoms with van der Waals surface area (Å²) in [5.74, 6) is -1.84. The number of aliphatic hydroxyl groups is 3. The molecule has 0 spiro atoms. The van der Waals surface area contributed by atoms with Crippen molar-refractivity contribution in [3.05, 3.63) is 71.8 Å². The molecule has 2 aromatic carbocycles. The molecule has 3 aliphatic heterocycles. The van der Waals surface area contributed by atoms with E-state index in [0.717, 1.165) is 11.1 Å². The van der Waals surface area contributed by atoms with Gasteiger partial charge in [-0.15, -0.1) is 0 Å². The summed E-state index contributed by atoms with van der Waals surface area (Å²) in [5, 5.41) is 41.5. The SMILES string of the molecule is CO[C@]1(C)C[C@H](O[C@H]2[C@H](C)[C@@H](O[C@@H]3O[C@H](C)C[C@H](N(C)C)[C@H]3O)[C@](C)(O)CCCN(C(=O)NCc3ccccc3)CC(Cc3ccccc3)NC(=O)[C@@H]2C)O[C@@H](C)[C@@H]1O. The predicted octanol–water partition coefficient (Wildman–Crippen LogP) is 3.84. The first-order valence-corrected chi connectivity index (χ1v) is 21.2. The van der Waals surface area contributed by atoms with Gasteiger partial charge in [-0.25, -0.2) is 4.79 Å². The van der Waals surface area contributed by atoms with Crippen molar-refractivity contribution in [1.29, 1.82) is 0 Å². The molecule has 2 aromatic rings. The van der Waals surface area contributed by atoms with Gasteiger partial charge in [-0.2, -0.15) is 0 Å². The monoisotopic (exact) mass is 827 g/mol. The van der Waals surface area contributed by atoms with Crippen molar-refractivity contribution in [1.82, 2.24) is 20.4 Å². The second-order valence-corrected chi connectivity index (χ2v) is 17.8. The van der Waals surface area contributed by atoms with E-state index in [1.54, 1.807) is 32.6 Å². The van der Waals surface area contributed by atoms with Crippen LogP contribution in [0.15, 0.2) is 60.7 Å². The minimum Gasteiger partial charge on any atom is -0.387 e. The van der Waals surface area contributed by atoms with Gasteiger partial charge < -0.3 is 59.4 Å². The van der Waals surface area contributed by atoms with Crippen molar-refractivity contribution in [2.24, 2.45) is 11.8 Å².